The van der Waals surface area contributed by atoms with Crippen LogP contribution in [0.15, 0.2) is 11.3 Å². The monoisotopic (exact) mass is 225 g/mol. The molecular weight excluding hydrogens is 210 g/mol. The van der Waals surface area contributed by atoms with Crippen molar-refractivity contribution in [2.45, 2.75) is 0 Å². The third kappa shape index (κ3) is 3.39. The molecule has 0 saturated carbocycles. The van der Waals surface area contributed by atoms with Gasteiger partial charge in [0.05, 0.1) is 5.56 Å². The number of aliphatic imine (C=N–C) groups is 1. The van der Waals surface area contributed by atoms with Crippen molar-refractivity contribution in [2.24, 2.45) is 4.99 Å². The summed E-state index contributed by atoms with van der Waals surface area (Å²) >= 11 is 1.77. The van der Waals surface area contributed by atoms with Gasteiger partial charge in [-0.2, -0.15) is 11.8 Å². The number of thioether (sulfide) groups is 1. The lowest BCUT2D eigenvalue weighted by Gasteiger charge is -2.08. The van der Waals surface area contributed by atoms with Crippen LogP contribution in [-0.4, -0.2) is 41.8 Å². The van der Waals surface area contributed by atoms with Crippen molar-refractivity contribution in [1.29, 1.82) is 0 Å². The first kappa shape index (κ1) is 11.8. The summed E-state index contributed by atoms with van der Waals surface area (Å²) < 4.78 is 0. The fraction of sp³-hybridized carbons (Fsp3) is 0.444. The highest BCUT2D eigenvalue weighted by Crippen LogP contribution is 2.14. The molecule has 5 nitrogen and oxygen atoms in total. The van der Waals surface area contributed by atoms with Gasteiger partial charge in [0.2, 0.25) is 0 Å². The summed E-state index contributed by atoms with van der Waals surface area (Å²) in [5, 5.41) is 3.20. The van der Waals surface area contributed by atoms with Crippen molar-refractivity contribution in [1.82, 2.24) is 9.97 Å². The number of nitrogens with one attached hydrogen (secondary N) is 1. The van der Waals surface area contributed by atoms with Gasteiger partial charge < -0.3 is 11.1 Å². The largest absolute Gasteiger partial charge is 0.383 e. The molecule has 0 aliphatic rings. The predicted molar refractivity (Wildman–Crippen MR) is 66.8 cm³/mol. The summed E-state index contributed by atoms with van der Waals surface area (Å²) in [6.45, 7) is 0.849. The van der Waals surface area contributed by atoms with E-state index in [-0.39, 0.29) is 0 Å². The normalized spacial score (nSPS) is 10.8. The molecule has 1 aromatic rings. The molecule has 15 heavy (non-hydrogen) atoms. The number of nitrogens with two attached hydrogens (primary N) is 1. The van der Waals surface area contributed by atoms with E-state index in [0.29, 0.717) is 5.82 Å². The Bertz CT molecular complexity index is 339. The Morgan fingerprint density at radius 3 is 3.07 bits per heavy atom. The number of nitrogen functional groups attached to an aromatic ring is 1. The second-order valence-electron chi connectivity index (χ2n) is 2.83. The van der Waals surface area contributed by atoms with Gasteiger partial charge in [0.25, 0.3) is 0 Å². The fourth-order valence-corrected chi connectivity index (χ4v) is 1.38. The third-order valence-corrected chi connectivity index (χ3v) is 2.38. The summed E-state index contributed by atoms with van der Waals surface area (Å²) in [6.07, 6.45) is 5.17. The molecule has 1 heterocycles. The zero-order chi connectivity index (χ0) is 11.1. The molecule has 3 N–H and O–H groups in total. The van der Waals surface area contributed by atoms with Crippen LogP contribution in [0.25, 0.3) is 0 Å². The fourth-order valence-electron chi connectivity index (χ4n) is 1.08. The summed E-state index contributed by atoms with van der Waals surface area (Å²) in [5.74, 6) is 2.21. The first-order valence-corrected chi connectivity index (χ1v) is 5.94. The molecule has 0 radical (unpaired) electrons. The van der Waals surface area contributed by atoms with Crippen LogP contribution in [0.5, 0.6) is 0 Å². The molecule has 0 aromatic carbocycles. The molecule has 82 valence electrons. The molecule has 0 bridgehead atoms. The van der Waals surface area contributed by atoms with Gasteiger partial charge in [-0.15, -0.1) is 0 Å². The van der Waals surface area contributed by atoms with Gasteiger partial charge in [0, 0.05) is 25.6 Å². The number of rotatable bonds is 5. The minimum absolute atomic E-state index is 0.447. The SMILES string of the molecule is C/N=C\c1c(N)ncnc1NCCSC. The lowest BCUT2D eigenvalue weighted by atomic mass is 10.3. The van der Waals surface area contributed by atoms with E-state index >= 15 is 0 Å². The summed E-state index contributed by atoms with van der Waals surface area (Å²) in [7, 11) is 1.69. The Kier molecular flexibility index (Phi) is 4.89. The van der Waals surface area contributed by atoms with Gasteiger partial charge in [-0.1, -0.05) is 0 Å². The molecule has 0 saturated heterocycles. The van der Waals surface area contributed by atoms with Gasteiger partial charge in [-0.05, 0) is 6.26 Å². The predicted octanol–water partition coefficient (Wildman–Crippen LogP) is 0.882. The maximum Gasteiger partial charge on any atom is 0.140 e. The highest BCUT2D eigenvalue weighted by atomic mass is 32.2. The number of anilines is 2. The van der Waals surface area contributed by atoms with Crippen molar-refractivity contribution >= 4 is 29.6 Å². The van der Waals surface area contributed by atoms with Crippen molar-refractivity contribution in [3.8, 4) is 0 Å². The van der Waals surface area contributed by atoms with Crippen LogP contribution in [0, 0.1) is 0 Å². The number of hydrogen-bond acceptors (Lipinski definition) is 6. The molecule has 0 atom stereocenters. The second kappa shape index (κ2) is 6.23. The average Bonchev–Trinajstić information content (AvgIpc) is 2.23. The zero-order valence-electron chi connectivity index (χ0n) is 8.90. The Morgan fingerprint density at radius 2 is 2.40 bits per heavy atom. The van der Waals surface area contributed by atoms with Crippen LogP contribution in [0.4, 0.5) is 11.6 Å². The van der Waals surface area contributed by atoms with E-state index in [2.05, 4.69) is 26.5 Å². The average molecular weight is 225 g/mol. The summed E-state index contributed by atoms with van der Waals surface area (Å²) in [6, 6.07) is 0. The van der Waals surface area contributed by atoms with E-state index in [1.807, 2.05) is 0 Å². The first-order chi connectivity index (χ1) is 7.29. The number of nitrogens with zero attached hydrogens (tertiary/aromatic N) is 3. The van der Waals surface area contributed by atoms with E-state index in [0.717, 1.165) is 23.7 Å². The minimum atomic E-state index is 0.447. The van der Waals surface area contributed by atoms with Gasteiger partial charge >= 0.3 is 0 Å². The van der Waals surface area contributed by atoms with Gasteiger partial charge in [0.1, 0.15) is 18.0 Å². The van der Waals surface area contributed by atoms with Crippen LogP contribution in [0.1, 0.15) is 5.56 Å². The van der Waals surface area contributed by atoms with Crippen LogP contribution < -0.4 is 11.1 Å². The Hall–Kier alpha value is -1.30. The summed E-state index contributed by atoms with van der Waals surface area (Å²) in [4.78, 5) is 12.0. The molecule has 0 fully saturated rings. The van der Waals surface area contributed by atoms with E-state index < -0.39 is 0 Å². The van der Waals surface area contributed by atoms with Crippen LogP contribution in [0.3, 0.4) is 0 Å². The zero-order valence-corrected chi connectivity index (χ0v) is 9.71. The van der Waals surface area contributed by atoms with Crippen LogP contribution in [0.2, 0.25) is 0 Å². The smallest absolute Gasteiger partial charge is 0.140 e. The number of hydrogen-bond donors (Lipinski definition) is 2. The quantitative estimate of drug-likeness (QED) is 0.574. The maximum atomic E-state index is 5.72. The van der Waals surface area contributed by atoms with Crippen molar-refractivity contribution < 1.29 is 0 Å². The van der Waals surface area contributed by atoms with E-state index in [1.165, 1.54) is 6.33 Å². The van der Waals surface area contributed by atoms with Gasteiger partial charge in [-0.3, -0.25) is 4.99 Å². The Labute approximate surface area is 93.6 Å². The van der Waals surface area contributed by atoms with Gasteiger partial charge in [0.15, 0.2) is 0 Å². The van der Waals surface area contributed by atoms with Crippen molar-refractivity contribution in [2.75, 3.05) is 36.7 Å². The summed E-state index contributed by atoms with van der Waals surface area (Å²) in [5.41, 5.74) is 6.48. The van der Waals surface area contributed by atoms with E-state index in [9.17, 15) is 0 Å². The van der Waals surface area contributed by atoms with Crippen molar-refractivity contribution in [3.63, 3.8) is 0 Å². The maximum absolute atomic E-state index is 5.72. The molecule has 0 unspecified atom stereocenters. The first-order valence-electron chi connectivity index (χ1n) is 4.55. The van der Waals surface area contributed by atoms with E-state index in [4.69, 9.17) is 5.73 Å². The molecule has 0 spiro atoms. The third-order valence-electron chi connectivity index (χ3n) is 1.77. The highest BCUT2D eigenvalue weighted by Gasteiger charge is 2.05. The Balaban J connectivity index is 2.81. The molecule has 1 aromatic heterocycles. The molecule has 0 aliphatic heterocycles. The molecule has 6 heteroatoms. The number of aromatic nitrogens is 2. The molecule has 0 aliphatic carbocycles. The molecular formula is C9H15N5S. The van der Waals surface area contributed by atoms with E-state index in [1.54, 1.807) is 25.0 Å². The Morgan fingerprint density at radius 1 is 1.60 bits per heavy atom. The van der Waals surface area contributed by atoms with Gasteiger partial charge in [-0.25, -0.2) is 9.97 Å². The lowest BCUT2D eigenvalue weighted by molar-refractivity contribution is 1.12. The second-order valence-corrected chi connectivity index (χ2v) is 3.81. The highest BCUT2D eigenvalue weighted by molar-refractivity contribution is 7.98. The van der Waals surface area contributed by atoms with Crippen LogP contribution >= 0.6 is 11.8 Å². The topological polar surface area (TPSA) is 76.2 Å². The lowest BCUT2D eigenvalue weighted by Crippen LogP contribution is -2.10. The van der Waals surface area contributed by atoms with Crippen molar-refractivity contribution in [3.05, 3.63) is 11.9 Å². The molecule has 1 rings (SSSR count). The standard InChI is InChI=1S/C9H15N5S/c1-11-5-7-8(10)13-6-14-9(7)12-3-4-15-2/h5-6H,3-4H2,1-2H3,(H3,10,12,13,14)/b11-5-. The minimum Gasteiger partial charge on any atom is -0.383 e. The molecule has 0 amide bonds. The van der Waals surface area contributed by atoms with Crippen LogP contribution in [-0.2, 0) is 0 Å².